The van der Waals surface area contributed by atoms with Gasteiger partial charge in [0.2, 0.25) is 5.91 Å². The number of para-hydroxylation sites is 1. The molecule has 2 aromatic heterocycles. The van der Waals surface area contributed by atoms with Gasteiger partial charge in [-0.2, -0.15) is 5.10 Å². The quantitative estimate of drug-likeness (QED) is 0.445. The van der Waals surface area contributed by atoms with Gasteiger partial charge in [0.25, 0.3) is 0 Å². The minimum Gasteiger partial charge on any atom is -0.371 e. The maximum Gasteiger partial charge on any atom is 0.223 e. The van der Waals surface area contributed by atoms with Crippen LogP contribution in [0.4, 0.5) is 10.1 Å². The first-order valence-corrected chi connectivity index (χ1v) is 11.6. The molecule has 2 aromatic carbocycles. The molecule has 1 N–H and O–H groups in total. The number of halogens is 1. The molecule has 6 nitrogen and oxygen atoms in total. The second-order valence-corrected chi connectivity index (χ2v) is 8.72. The van der Waals surface area contributed by atoms with E-state index in [1.165, 1.54) is 11.5 Å². The van der Waals surface area contributed by atoms with E-state index in [0.29, 0.717) is 6.54 Å². The van der Waals surface area contributed by atoms with Crippen LogP contribution in [0.1, 0.15) is 25.0 Å². The molecule has 0 aliphatic carbocycles. The molecule has 1 aliphatic rings. The summed E-state index contributed by atoms with van der Waals surface area (Å²) in [5.74, 6) is -0.120. The number of nitrogens with zero attached hydrogens (tertiary/aromatic N) is 4. The number of carbonyl (C=O) groups excluding carboxylic acids is 1. The summed E-state index contributed by atoms with van der Waals surface area (Å²) in [7, 11) is 0. The first-order valence-electron chi connectivity index (χ1n) is 11.6. The fraction of sp³-hybridized carbons (Fsp3) is 0.346. The van der Waals surface area contributed by atoms with Crippen molar-refractivity contribution in [2.24, 2.45) is 5.92 Å². The van der Waals surface area contributed by atoms with Gasteiger partial charge < -0.3 is 10.2 Å². The number of nitrogens with one attached hydrogen (secondary N) is 1. The number of benzene rings is 2. The average molecular weight is 446 g/mol. The molecule has 0 atom stereocenters. The number of aromatic nitrogens is 3. The maximum absolute atomic E-state index is 13.8. The zero-order chi connectivity index (χ0) is 22.8. The zero-order valence-electron chi connectivity index (χ0n) is 18.8. The molecule has 0 unspecified atom stereocenters. The number of anilines is 1. The molecule has 0 bridgehead atoms. The van der Waals surface area contributed by atoms with Crippen LogP contribution >= 0.6 is 0 Å². The third-order valence-electron chi connectivity index (χ3n) is 6.58. The number of hydrogen-bond acceptors (Lipinski definition) is 4. The van der Waals surface area contributed by atoms with Crippen molar-refractivity contribution in [1.29, 1.82) is 0 Å². The fourth-order valence-electron chi connectivity index (χ4n) is 4.81. The Bertz CT molecular complexity index is 1290. The molecule has 0 spiro atoms. The Balaban J connectivity index is 1.13. The second kappa shape index (κ2) is 9.17. The van der Waals surface area contributed by atoms with Crippen LogP contribution in [0.2, 0.25) is 0 Å². The summed E-state index contributed by atoms with van der Waals surface area (Å²) >= 11 is 0. The first kappa shape index (κ1) is 21.4. The third-order valence-corrected chi connectivity index (χ3v) is 6.58. The van der Waals surface area contributed by atoms with Crippen LogP contribution in [0.15, 0.2) is 54.7 Å². The fourth-order valence-corrected chi connectivity index (χ4v) is 4.81. The largest absolute Gasteiger partial charge is 0.371 e. The van der Waals surface area contributed by atoms with E-state index >= 15 is 0 Å². The van der Waals surface area contributed by atoms with Crippen molar-refractivity contribution in [2.75, 3.05) is 24.5 Å². The summed E-state index contributed by atoms with van der Waals surface area (Å²) in [6.07, 6.45) is 4.17. The molecule has 170 valence electrons. The Morgan fingerprint density at radius 2 is 1.94 bits per heavy atom. The molecule has 7 heteroatoms. The first-order chi connectivity index (χ1) is 16.1. The molecule has 0 radical (unpaired) electrons. The molecule has 1 fully saturated rings. The number of hydrogen-bond donors (Lipinski definition) is 1. The third kappa shape index (κ3) is 4.40. The van der Waals surface area contributed by atoms with E-state index in [1.54, 1.807) is 18.3 Å². The molecule has 1 saturated heterocycles. The molecule has 3 heterocycles. The van der Waals surface area contributed by atoms with Gasteiger partial charge in [0, 0.05) is 54.8 Å². The predicted octanol–water partition coefficient (Wildman–Crippen LogP) is 4.45. The Kier molecular flexibility index (Phi) is 5.94. The van der Waals surface area contributed by atoms with E-state index in [-0.39, 0.29) is 17.6 Å². The Labute approximate surface area is 192 Å². The highest BCUT2D eigenvalue weighted by Crippen LogP contribution is 2.30. The van der Waals surface area contributed by atoms with Crippen molar-refractivity contribution in [1.82, 2.24) is 20.1 Å². The van der Waals surface area contributed by atoms with Crippen LogP contribution < -0.4 is 10.2 Å². The van der Waals surface area contributed by atoms with E-state index in [0.717, 1.165) is 66.7 Å². The van der Waals surface area contributed by atoms with Crippen molar-refractivity contribution >= 4 is 33.4 Å². The number of fused-ring (bicyclic) bond motifs is 2. The van der Waals surface area contributed by atoms with E-state index in [1.807, 2.05) is 29.8 Å². The summed E-state index contributed by atoms with van der Waals surface area (Å²) in [5, 5.41) is 9.74. The topological polar surface area (TPSA) is 63.1 Å². The van der Waals surface area contributed by atoms with Crippen LogP contribution in [0.5, 0.6) is 0 Å². The predicted molar refractivity (Wildman–Crippen MR) is 129 cm³/mol. The van der Waals surface area contributed by atoms with Gasteiger partial charge >= 0.3 is 0 Å². The van der Waals surface area contributed by atoms with E-state index in [9.17, 15) is 9.18 Å². The van der Waals surface area contributed by atoms with Crippen LogP contribution in [0, 0.1) is 18.7 Å². The van der Waals surface area contributed by atoms with Gasteiger partial charge in [-0.05, 0) is 56.5 Å². The highest BCUT2D eigenvalue weighted by molar-refractivity contribution is 5.91. The van der Waals surface area contributed by atoms with E-state index in [2.05, 4.69) is 32.4 Å². The molecule has 1 amide bonds. The number of rotatable bonds is 6. The van der Waals surface area contributed by atoms with Gasteiger partial charge in [-0.15, -0.1) is 0 Å². The number of aryl methyl sites for hydroxylation is 2. The van der Waals surface area contributed by atoms with Gasteiger partial charge in [0.1, 0.15) is 5.82 Å². The summed E-state index contributed by atoms with van der Waals surface area (Å²) in [5.41, 5.74) is 3.94. The number of carbonyl (C=O) groups is 1. The minimum atomic E-state index is -0.260. The summed E-state index contributed by atoms with van der Waals surface area (Å²) in [4.78, 5) is 19.3. The van der Waals surface area contributed by atoms with Crippen LogP contribution in [-0.2, 0) is 11.3 Å². The lowest BCUT2D eigenvalue weighted by molar-refractivity contribution is -0.125. The van der Waals surface area contributed by atoms with Crippen LogP contribution in [-0.4, -0.2) is 40.3 Å². The molecule has 1 aliphatic heterocycles. The van der Waals surface area contributed by atoms with Gasteiger partial charge in [-0.1, -0.05) is 18.2 Å². The molecule has 5 rings (SSSR count). The summed E-state index contributed by atoms with van der Waals surface area (Å²) < 4.78 is 15.8. The van der Waals surface area contributed by atoms with Crippen LogP contribution in [0.3, 0.4) is 0 Å². The second-order valence-electron chi connectivity index (χ2n) is 8.72. The van der Waals surface area contributed by atoms with Crippen molar-refractivity contribution in [2.45, 2.75) is 32.7 Å². The minimum absolute atomic E-state index is 0.0128. The lowest BCUT2D eigenvalue weighted by atomic mass is 9.95. The monoisotopic (exact) mass is 445 g/mol. The Morgan fingerprint density at radius 3 is 2.79 bits per heavy atom. The van der Waals surface area contributed by atoms with Crippen LogP contribution in [0.25, 0.3) is 21.8 Å². The van der Waals surface area contributed by atoms with Gasteiger partial charge in [0.05, 0.1) is 16.7 Å². The average Bonchev–Trinajstić information content (AvgIpc) is 3.17. The molecule has 4 aromatic rings. The molecule has 0 saturated carbocycles. The smallest absolute Gasteiger partial charge is 0.223 e. The normalized spacial score (nSPS) is 14.8. The molecule has 33 heavy (non-hydrogen) atoms. The highest BCUT2D eigenvalue weighted by atomic mass is 19.1. The Hall–Kier alpha value is -3.48. The van der Waals surface area contributed by atoms with E-state index < -0.39 is 0 Å². The van der Waals surface area contributed by atoms with Gasteiger partial charge in [-0.25, -0.2) is 4.39 Å². The van der Waals surface area contributed by atoms with E-state index in [4.69, 9.17) is 0 Å². The Morgan fingerprint density at radius 1 is 1.12 bits per heavy atom. The lowest BCUT2D eigenvalue weighted by Crippen LogP contribution is -2.41. The van der Waals surface area contributed by atoms with Crippen molar-refractivity contribution in [3.8, 4) is 0 Å². The van der Waals surface area contributed by atoms with Crippen molar-refractivity contribution < 1.29 is 9.18 Å². The number of amides is 1. The van der Waals surface area contributed by atoms with Gasteiger partial charge in [0.15, 0.2) is 0 Å². The summed E-state index contributed by atoms with van der Waals surface area (Å²) in [6, 6.07) is 14.9. The highest BCUT2D eigenvalue weighted by Gasteiger charge is 2.25. The zero-order valence-corrected chi connectivity index (χ0v) is 18.8. The molecular weight excluding hydrogens is 417 g/mol. The van der Waals surface area contributed by atoms with Crippen molar-refractivity contribution in [3.05, 3.63) is 66.2 Å². The number of pyridine rings is 1. The van der Waals surface area contributed by atoms with Crippen molar-refractivity contribution in [3.63, 3.8) is 0 Å². The number of piperidine rings is 1. The summed E-state index contributed by atoms with van der Waals surface area (Å²) in [6.45, 7) is 4.98. The standard InChI is InChI=1S/C26H28FN5O/c1-18-21-5-2-3-6-25(21)32(30-18)14-4-12-29-26(33)19-10-15-31(16-11-19)24-9-13-28-23-8-7-20(27)17-22(23)24/h2-3,5-9,13,17,19H,4,10-12,14-16H2,1H3,(H,29,33). The lowest BCUT2D eigenvalue weighted by Gasteiger charge is -2.33. The maximum atomic E-state index is 13.8. The van der Waals surface area contributed by atoms with Gasteiger partial charge in [-0.3, -0.25) is 14.5 Å². The SMILES string of the molecule is Cc1nn(CCCNC(=O)C2CCN(c3ccnc4ccc(F)cc34)CC2)c2ccccc12. The molecular formula is C26H28FN5O.